The lowest BCUT2D eigenvalue weighted by molar-refractivity contribution is -0.148. The Kier molecular flexibility index (Phi) is 5.11. The van der Waals surface area contributed by atoms with Crippen LogP contribution in [0.4, 0.5) is 0 Å². The molecule has 1 aromatic rings. The molecule has 1 unspecified atom stereocenters. The van der Waals surface area contributed by atoms with E-state index in [0.717, 1.165) is 4.47 Å². The van der Waals surface area contributed by atoms with Crippen LogP contribution in [0.3, 0.4) is 0 Å². The lowest BCUT2D eigenvalue weighted by Gasteiger charge is -2.11. The molecule has 1 amide bonds. The van der Waals surface area contributed by atoms with Crippen LogP contribution in [0.2, 0.25) is 0 Å². The molecule has 0 spiro atoms. The van der Waals surface area contributed by atoms with Crippen LogP contribution in [0.1, 0.15) is 10.4 Å². The number of carbonyl (C=O) groups is 2. The van der Waals surface area contributed by atoms with Crippen molar-refractivity contribution >= 4 is 27.8 Å². The number of hydrogen-bond acceptors (Lipinski definition) is 3. The number of hydrogen-bond donors (Lipinski definition) is 2. The predicted octanol–water partition coefficient (Wildman–Crippen LogP) is 1.28. The minimum absolute atomic E-state index is 0.0687. The summed E-state index contributed by atoms with van der Waals surface area (Å²) in [7, 11) is 1.28. The highest BCUT2D eigenvalue weighted by molar-refractivity contribution is 9.10. The molecule has 0 saturated carbocycles. The summed E-state index contributed by atoms with van der Waals surface area (Å²) in [5.74, 6) is -1.44. The van der Waals surface area contributed by atoms with Gasteiger partial charge in [-0.05, 0) is 24.3 Å². The van der Waals surface area contributed by atoms with Crippen LogP contribution in [0.5, 0.6) is 0 Å². The minimum Gasteiger partial charge on any atom is -0.479 e. The highest BCUT2D eigenvalue weighted by Crippen LogP contribution is 2.10. The summed E-state index contributed by atoms with van der Waals surface area (Å²) in [6.45, 7) is -0.0687. The monoisotopic (exact) mass is 301 g/mol. The Balaban J connectivity index is 2.55. The first-order chi connectivity index (χ1) is 8.04. The SMILES string of the molecule is COC(CNC(=O)c1ccc(Br)cc1)C(=O)O. The van der Waals surface area contributed by atoms with Crippen LogP contribution in [-0.4, -0.2) is 36.7 Å². The topological polar surface area (TPSA) is 75.6 Å². The number of carbonyl (C=O) groups excluding carboxylic acids is 1. The third-order valence-corrected chi connectivity index (χ3v) is 2.64. The fourth-order valence-electron chi connectivity index (χ4n) is 1.16. The van der Waals surface area contributed by atoms with Gasteiger partial charge in [-0.2, -0.15) is 0 Å². The molecule has 0 aromatic heterocycles. The first-order valence-electron chi connectivity index (χ1n) is 4.84. The zero-order valence-corrected chi connectivity index (χ0v) is 10.7. The van der Waals surface area contributed by atoms with Gasteiger partial charge in [0.1, 0.15) is 0 Å². The molecule has 17 heavy (non-hydrogen) atoms. The van der Waals surface area contributed by atoms with Crippen LogP contribution < -0.4 is 5.32 Å². The van der Waals surface area contributed by atoms with Crippen LogP contribution in [0.25, 0.3) is 0 Å². The van der Waals surface area contributed by atoms with Gasteiger partial charge >= 0.3 is 5.97 Å². The van der Waals surface area contributed by atoms with Crippen molar-refractivity contribution in [3.05, 3.63) is 34.3 Å². The molecule has 5 nitrogen and oxygen atoms in total. The van der Waals surface area contributed by atoms with Crippen molar-refractivity contribution in [3.8, 4) is 0 Å². The maximum atomic E-state index is 11.6. The summed E-state index contributed by atoms with van der Waals surface area (Å²) in [5, 5.41) is 11.2. The number of amides is 1. The van der Waals surface area contributed by atoms with E-state index in [0.29, 0.717) is 5.56 Å². The van der Waals surface area contributed by atoms with Gasteiger partial charge < -0.3 is 15.2 Å². The Bertz CT molecular complexity index is 404. The summed E-state index contributed by atoms with van der Waals surface area (Å²) in [6.07, 6.45) is -1.03. The number of methoxy groups -OCH3 is 1. The van der Waals surface area contributed by atoms with Crippen LogP contribution in [0, 0.1) is 0 Å². The number of ether oxygens (including phenoxy) is 1. The molecule has 2 N–H and O–H groups in total. The standard InChI is InChI=1S/C11H12BrNO4/c1-17-9(11(15)16)6-13-10(14)7-2-4-8(12)5-3-7/h2-5,9H,6H2,1H3,(H,13,14)(H,15,16). The van der Waals surface area contributed by atoms with E-state index in [-0.39, 0.29) is 12.5 Å². The number of carboxylic acids is 1. The van der Waals surface area contributed by atoms with Crippen LogP contribution >= 0.6 is 15.9 Å². The predicted molar refractivity (Wildman–Crippen MR) is 64.9 cm³/mol. The molecule has 1 rings (SSSR count). The summed E-state index contributed by atoms with van der Waals surface area (Å²) < 4.78 is 5.57. The minimum atomic E-state index is -1.11. The van der Waals surface area contributed by atoms with Gasteiger partial charge in [0.2, 0.25) is 0 Å². The smallest absolute Gasteiger partial charge is 0.334 e. The van der Waals surface area contributed by atoms with Gasteiger partial charge in [-0.3, -0.25) is 4.79 Å². The molecule has 0 bridgehead atoms. The number of aliphatic carboxylic acids is 1. The number of halogens is 1. The molecule has 1 aromatic carbocycles. The van der Waals surface area contributed by atoms with E-state index in [1.54, 1.807) is 24.3 Å². The van der Waals surface area contributed by atoms with E-state index < -0.39 is 12.1 Å². The van der Waals surface area contributed by atoms with Crippen LogP contribution in [-0.2, 0) is 9.53 Å². The number of carboxylic acid groups (broad SMARTS) is 1. The molecule has 0 radical (unpaired) electrons. The molecule has 6 heteroatoms. The molecule has 1 atom stereocenters. The molecular weight excluding hydrogens is 290 g/mol. The Labute approximate surface area is 107 Å². The summed E-state index contributed by atoms with van der Waals surface area (Å²) in [5.41, 5.74) is 0.466. The van der Waals surface area contributed by atoms with Crippen molar-refractivity contribution < 1.29 is 19.4 Å². The van der Waals surface area contributed by atoms with Crippen molar-refractivity contribution in [1.29, 1.82) is 0 Å². The Morgan fingerprint density at radius 3 is 2.47 bits per heavy atom. The molecule has 92 valence electrons. The van der Waals surface area contributed by atoms with Gasteiger partial charge in [-0.1, -0.05) is 15.9 Å². The third kappa shape index (κ3) is 4.16. The van der Waals surface area contributed by atoms with Gasteiger partial charge in [0.05, 0.1) is 6.54 Å². The number of benzene rings is 1. The molecular formula is C11H12BrNO4. The van der Waals surface area contributed by atoms with Gasteiger partial charge in [-0.25, -0.2) is 4.79 Å². The Hall–Kier alpha value is -1.40. The van der Waals surface area contributed by atoms with Crippen molar-refractivity contribution in [1.82, 2.24) is 5.32 Å². The normalized spacial score (nSPS) is 11.9. The van der Waals surface area contributed by atoms with E-state index in [2.05, 4.69) is 21.2 Å². The van der Waals surface area contributed by atoms with E-state index in [1.807, 2.05) is 0 Å². The largest absolute Gasteiger partial charge is 0.479 e. The second-order valence-electron chi connectivity index (χ2n) is 3.28. The van der Waals surface area contributed by atoms with Crippen molar-refractivity contribution in [2.75, 3.05) is 13.7 Å². The second-order valence-corrected chi connectivity index (χ2v) is 4.20. The lowest BCUT2D eigenvalue weighted by atomic mass is 10.2. The summed E-state index contributed by atoms with van der Waals surface area (Å²) in [4.78, 5) is 22.3. The molecule has 0 saturated heterocycles. The van der Waals surface area contributed by atoms with E-state index in [9.17, 15) is 9.59 Å². The highest BCUT2D eigenvalue weighted by Gasteiger charge is 2.17. The summed E-state index contributed by atoms with van der Waals surface area (Å²) >= 11 is 3.26. The molecule has 0 fully saturated rings. The fraction of sp³-hybridized carbons (Fsp3) is 0.273. The first-order valence-corrected chi connectivity index (χ1v) is 5.63. The Morgan fingerprint density at radius 2 is 2.00 bits per heavy atom. The lowest BCUT2D eigenvalue weighted by Crippen LogP contribution is -2.37. The summed E-state index contributed by atoms with van der Waals surface area (Å²) in [6, 6.07) is 6.75. The van der Waals surface area contributed by atoms with Gasteiger partial charge in [-0.15, -0.1) is 0 Å². The van der Waals surface area contributed by atoms with Crippen molar-refractivity contribution in [2.24, 2.45) is 0 Å². The zero-order valence-electron chi connectivity index (χ0n) is 9.14. The van der Waals surface area contributed by atoms with E-state index in [4.69, 9.17) is 9.84 Å². The first kappa shape index (κ1) is 13.7. The third-order valence-electron chi connectivity index (χ3n) is 2.11. The van der Waals surface area contributed by atoms with E-state index >= 15 is 0 Å². The van der Waals surface area contributed by atoms with E-state index in [1.165, 1.54) is 7.11 Å². The van der Waals surface area contributed by atoms with Gasteiger partial charge in [0, 0.05) is 17.1 Å². The maximum Gasteiger partial charge on any atom is 0.334 e. The number of nitrogens with one attached hydrogen (secondary N) is 1. The Morgan fingerprint density at radius 1 is 1.41 bits per heavy atom. The molecule has 0 aliphatic rings. The van der Waals surface area contributed by atoms with Crippen molar-refractivity contribution in [2.45, 2.75) is 6.10 Å². The van der Waals surface area contributed by atoms with Gasteiger partial charge in [0.15, 0.2) is 6.10 Å². The molecule has 0 aliphatic heterocycles. The van der Waals surface area contributed by atoms with Crippen LogP contribution in [0.15, 0.2) is 28.7 Å². The van der Waals surface area contributed by atoms with Gasteiger partial charge in [0.25, 0.3) is 5.91 Å². The van der Waals surface area contributed by atoms with Crippen molar-refractivity contribution in [3.63, 3.8) is 0 Å². The number of rotatable bonds is 5. The zero-order chi connectivity index (χ0) is 12.8. The average molecular weight is 302 g/mol. The quantitative estimate of drug-likeness (QED) is 0.859. The average Bonchev–Trinajstić information content (AvgIpc) is 2.30. The molecule has 0 heterocycles. The molecule has 0 aliphatic carbocycles. The maximum absolute atomic E-state index is 11.6. The second kappa shape index (κ2) is 6.36. The fourth-order valence-corrected chi connectivity index (χ4v) is 1.42. The highest BCUT2D eigenvalue weighted by atomic mass is 79.9.